The summed E-state index contributed by atoms with van der Waals surface area (Å²) in [5, 5.41) is 11.8. The predicted molar refractivity (Wildman–Crippen MR) is 81.0 cm³/mol. The molecule has 0 saturated carbocycles. The molecule has 1 aromatic heterocycles. The van der Waals surface area contributed by atoms with Gasteiger partial charge in [0.25, 0.3) is 5.91 Å². The second-order valence-corrected chi connectivity index (χ2v) is 6.59. The van der Waals surface area contributed by atoms with E-state index in [0.717, 1.165) is 9.35 Å². The molecular weight excluding hydrogens is 342 g/mol. The Hall–Kier alpha value is -1.66. The van der Waals surface area contributed by atoms with Crippen LogP contribution in [-0.4, -0.2) is 17.0 Å². The lowest BCUT2D eigenvalue weighted by atomic mass is 10.1. The fourth-order valence-corrected chi connectivity index (χ4v) is 3.15. The number of carboxylic acids is 1. The SMILES string of the molecule is Cc1cc(C(=O)NC(C(=O)O)c2ccccc2)sc1Br. The molecule has 0 fully saturated rings. The number of thiophene rings is 1. The van der Waals surface area contributed by atoms with E-state index in [4.69, 9.17) is 0 Å². The van der Waals surface area contributed by atoms with Gasteiger partial charge in [-0.1, -0.05) is 30.3 Å². The van der Waals surface area contributed by atoms with Gasteiger partial charge in [0.15, 0.2) is 6.04 Å². The van der Waals surface area contributed by atoms with Crippen LogP contribution >= 0.6 is 27.3 Å². The Balaban J connectivity index is 2.21. The first kappa shape index (κ1) is 14.7. The Morgan fingerprint density at radius 2 is 1.95 bits per heavy atom. The molecule has 2 N–H and O–H groups in total. The number of benzene rings is 1. The lowest BCUT2D eigenvalue weighted by Gasteiger charge is -2.14. The molecule has 104 valence electrons. The van der Waals surface area contributed by atoms with Gasteiger partial charge in [-0.25, -0.2) is 4.79 Å². The van der Waals surface area contributed by atoms with E-state index in [1.807, 2.05) is 6.92 Å². The lowest BCUT2D eigenvalue weighted by Crippen LogP contribution is -2.33. The number of nitrogens with one attached hydrogen (secondary N) is 1. The normalized spacial score (nSPS) is 11.9. The molecule has 0 aliphatic heterocycles. The van der Waals surface area contributed by atoms with E-state index in [-0.39, 0.29) is 5.91 Å². The van der Waals surface area contributed by atoms with Gasteiger partial charge in [-0.2, -0.15) is 0 Å². The maximum atomic E-state index is 12.1. The molecule has 0 aliphatic carbocycles. The highest BCUT2D eigenvalue weighted by Gasteiger charge is 2.23. The van der Waals surface area contributed by atoms with Gasteiger partial charge >= 0.3 is 5.97 Å². The van der Waals surface area contributed by atoms with Gasteiger partial charge in [0.05, 0.1) is 8.66 Å². The first-order valence-electron chi connectivity index (χ1n) is 5.83. The van der Waals surface area contributed by atoms with Crippen LogP contribution in [0.5, 0.6) is 0 Å². The van der Waals surface area contributed by atoms with E-state index < -0.39 is 12.0 Å². The van der Waals surface area contributed by atoms with Crippen molar-refractivity contribution in [3.8, 4) is 0 Å². The number of rotatable bonds is 4. The third-order valence-corrected chi connectivity index (χ3v) is 4.87. The first-order valence-corrected chi connectivity index (χ1v) is 7.44. The molecule has 0 spiro atoms. The summed E-state index contributed by atoms with van der Waals surface area (Å²) in [7, 11) is 0. The van der Waals surface area contributed by atoms with Crippen molar-refractivity contribution in [2.75, 3.05) is 0 Å². The monoisotopic (exact) mass is 353 g/mol. The van der Waals surface area contributed by atoms with E-state index in [2.05, 4.69) is 21.2 Å². The van der Waals surface area contributed by atoms with Crippen molar-refractivity contribution in [2.24, 2.45) is 0 Å². The number of carboxylic acid groups (broad SMARTS) is 1. The zero-order valence-corrected chi connectivity index (χ0v) is 13.0. The Morgan fingerprint density at radius 1 is 1.30 bits per heavy atom. The van der Waals surface area contributed by atoms with Crippen LogP contribution in [0.3, 0.4) is 0 Å². The van der Waals surface area contributed by atoms with Gasteiger partial charge in [-0.15, -0.1) is 11.3 Å². The molecule has 0 bridgehead atoms. The van der Waals surface area contributed by atoms with Crippen molar-refractivity contribution >= 4 is 39.1 Å². The van der Waals surface area contributed by atoms with Crippen molar-refractivity contribution in [1.82, 2.24) is 5.32 Å². The average molecular weight is 354 g/mol. The average Bonchev–Trinajstić information content (AvgIpc) is 2.76. The van der Waals surface area contributed by atoms with Crippen LogP contribution in [-0.2, 0) is 4.79 Å². The molecule has 0 aliphatic rings. The fourth-order valence-electron chi connectivity index (χ4n) is 1.71. The minimum atomic E-state index is -1.09. The van der Waals surface area contributed by atoms with Gasteiger partial charge in [0.2, 0.25) is 0 Å². The third kappa shape index (κ3) is 3.26. The molecule has 1 unspecified atom stereocenters. The van der Waals surface area contributed by atoms with Gasteiger partial charge in [-0.05, 0) is 40.0 Å². The Labute approximate surface area is 128 Å². The van der Waals surface area contributed by atoms with Crippen molar-refractivity contribution in [3.63, 3.8) is 0 Å². The van der Waals surface area contributed by atoms with Crippen molar-refractivity contribution in [1.29, 1.82) is 0 Å². The molecule has 1 amide bonds. The Bertz CT molecular complexity index is 620. The minimum Gasteiger partial charge on any atom is -0.479 e. The van der Waals surface area contributed by atoms with Crippen LogP contribution in [0.4, 0.5) is 0 Å². The van der Waals surface area contributed by atoms with E-state index in [1.54, 1.807) is 36.4 Å². The number of hydrogen-bond acceptors (Lipinski definition) is 3. The Kier molecular flexibility index (Phi) is 4.57. The van der Waals surface area contributed by atoms with Crippen LogP contribution < -0.4 is 5.32 Å². The zero-order chi connectivity index (χ0) is 14.7. The summed E-state index contributed by atoms with van der Waals surface area (Å²) >= 11 is 4.63. The van der Waals surface area contributed by atoms with Crippen LogP contribution in [0.2, 0.25) is 0 Å². The number of halogens is 1. The molecule has 1 heterocycles. The van der Waals surface area contributed by atoms with Crippen LogP contribution in [0.15, 0.2) is 40.2 Å². The first-order chi connectivity index (χ1) is 9.49. The maximum absolute atomic E-state index is 12.1. The topological polar surface area (TPSA) is 66.4 Å². The predicted octanol–water partition coefficient (Wildman–Crippen LogP) is 3.37. The second kappa shape index (κ2) is 6.19. The number of hydrogen-bond donors (Lipinski definition) is 2. The summed E-state index contributed by atoms with van der Waals surface area (Å²) in [4.78, 5) is 23.9. The number of carbonyl (C=O) groups is 2. The second-order valence-electron chi connectivity index (χ2n) is 4.22. The Morgan fingerprint density at radius 3 is 2.45 bits per heavy atom. The molecule has 6 heteroatoms. The largest absolute Gasteiger partial charge is 0.479 e. The summed E-state index contributed by atoms with van der Waals surface area (Å²) in [6.45, 7) is 1.88. The molecule has 4 nitrogen and oxygen atoms in total. The molecule has 1 aromatic carbocycles. The summed E-state index contributed by atoms with van der Waals surface area (Å²) in [6, 6.07) is 9.30. The molecule has 2 aromatic rings. The zero-order valence-electron chi connectivity index (χ0n) is 10.6. The number of aryl methyl sites for hydroxylation is 1. The number of carbonyl (C=O) groups excluding carboxylic acids is 1. The quantitative estimate of drug-likeness (QED) is 0.885. The van der Waals surface area contributed by atoms with E-state index in [9.17, 15) is 14.7 Å². The summed E-state index contributed by atoms with van der Waals surface area (Å²) in [5.74, 6) is -1.48. The van der Waals surface area contributed by atoms with Gasteiger partial charge in [-0.3, -0.25) is 4.79 Å². The van der Waals surface area contributed by atoms with Crippen molar-refractivity contribution < 1.29 is 14.7 Å². The standard InChI is InChI=1S/C14H12BrNO3S/c1-8-7-10(20-12(8)15)13(17)16-11(14(18)19)9-5-3-2-4-6-9/h2-7,11H,1H3,(H,16,17)(H,18,19). The minimum absolute atomic E-state index is 0.389. The highest BCUT2D eigenvalue weighted by atomic mass is 79.9. The molecule has 0 saturated heterocycles. The van der Waals surface area contributed by atoms with Gasteiger partial charge in [0, 0.05) is 0 Å². The highest BCUT2D eigenvalue weighted by Crippen LogP contribution is 2.27. The molecular formula is C14H12BrNO3S. The van der Waals surface area contributed by atoms with Gasteiger partial charge in [0.1, 0.15) is 0 Å². The number of aliphatic carboxylic acids is 1. The fraction of sp³-hybridized carbons (Fsp3) is 0.143. The maximum Gasteiger partial charge on any atom is 0.330 e. The van der Waals surface area contributed by atoms with Crippen LogP contribution in [0.1, 0.15) is 26.8 Å². The van der Waals surface area contributed by atoms with Crippen molar-refractivity contribution in [2.45, 2.75) is 13.0 Å². The summed E-state index contributed by atoms with van der Waals surface area (Å²) in [5.41, 5.74) is 1.49. The van der Waals surface area contributed by atoms with Crippen LogP contribution in [0, 0.1) is 6.92 Å². The smallest absolute Gasteiger partial charge is 0.330 e. The third-order valence-electron chi connectivity index (χ3n) is 2.74. The summed E-state index contributed by atoms with van der Waals surface area (Å²) in [6.07, 6.45) is 0. The lowest BCUT2D eigenvalue weighted by molar-refractivity contribution is -0.139. The molecule has 1 atom stereocenters. The molecule has 20 heavy (non-hydrogen) atoms. The molecule has 0 radical (unpaired) electrons. The van der Waals surface area contributed by atoms with E-state index in [1.165, 1.54) is 11.3 Å². The van der Waals surface area contributed by atoms with Crippen molar-refractivity contribution in [3.05, 3.63) is 56.2 Å². The number of amides is 1. The molecule has 2 rings (SSSR count). The van der Waals surface area contributed by atoms with E-state index >= 15 is 0 Å². The van der Waals surface area contributed by atoms with E-state index in [0.29, 0.717) is 10.4 Å². The summed E-state index contributed by atoms with van der Waals surface area (Å²) < 4.78 is 0.870. The van der Waals surface area contributed by atoms with Crippen LogP contribution in [0.25, 0.3) is 0 Å². The van der Waals surface area contributed by atoms with Gasteiger partial charge < -0.3 is 10.4 Å². The highest BCUT2D eigenvalue weighted by molar-refractivity contribution is 9.11.